The van der Waals surface area contributed by atoms with E-state index >= 15 is 0 Å². The van der Waals surface area contributed by atoms with Crippen LogP contribution in [0.2, 0.25) is 0 Å². The first-order valence-corrected chi connectivity index (χ1v) is 9.05. The van der Waals surface area contributed by atoms with Crippen LogP contribution >= 0.6 is 11.3 Å². The third-order valence-corrected chi connectivity index (χ3v) is 4.55. The van der Waals surface area contributed by atoms with Crippen molar-refractivity contribution in [3.8, 4) is 11.5 Å². The van der Waals surface area contributed by atoms with E-state index in [0.717, 1.165) is 21.7 Å². The van der Waals surface area contributed by atoms with Crippen LogP contribution in [0.15, 0.2) is 42.5 Å². The highest BCUT2D eigenvalue weighted by Crippen LogP contribution is 2.32. The molecule has 0 aliphatic rings. The average Bonchev–Trinajstić information content (AvgIpc) is 3.05. The van der Waals surface area contributed by atoms with E-state index in [1.165, 1.54) is 11.3 Å². The first-order chi connectivity index (χ1) is 12.2. The SMILES string of the molecule is CCOc1ccc(C(=O)CNc2nc3c(OCC)cccc3s2)cc1.[Br-]. The highest BCUT2D eigenvalue weighted by molar-refractivity contribution is 7.22. The number of nitrogens with one attached hydrogen (secondary N) is 1. The zero-order valence-corrected chi connectivity index (χ0v) is 17.0. The highest BCUT2D eigenvalue weighted by atomic mass is 79.9. The smallest absolute Gasteiger partial charge is 0.184 e. The van der Waals surface area contributed by atoms with Gasteiger partial charge in [-0.2, -0.15) is 0 Å². The summed E-state index contributed by atoms with van der Waals surface area (Å²) in [6, 6.07) is 13.0. The van der Waals surface area contributed by atoms with Crippen molar-refractivity contribution in [3.05, 3.63) is 48.0 Å². The Bertz CT molecular complexity index is 865. The molecule has 1 heterocycles. The maximum absolute atomic E-state index is 12.3. The molecule has 0 aliphatic carbocycles. The molecule has 7 heteroatoms. The summed E-state index contributed by atoms with van der Waals surface area (Å²) in [6.07, 6.45) is 0. The molecule has 0 saturated heterocycles. The zero-order valence-electron chi connectivity index (χ0n) is 14.6. The molecule has 0 radical (unpaired) electrons. The minimum absolute atomic E-state index is 0. The van der Waals surface area contributed by atoms with Gasteiger partial charge in [-0.05, 0) is 50.2 Å². The summed E-state index contributed by atoms with van der Waals surface area (Å²) < 4.78 is 12.0. The van der Waals surface area contributed by atoms with Crippen molar-refractivity contribution in [2.45, 2.75) is 13.8 Å². The number of nitrogens with zero attached hydrogens (tertiary/aromatic N) is 1. The first kappa shape index (κ1) is 20.2. The summed E-state index contributed by atoms with van der Waals surface area (Å²) in [5.74, 6) is 1.54. The number of carbonyl (C=O) groups is 1. The lowest BCUT2D eigenvalue weighted by molar-refractivity contribution is -0.0000137. The molecule has 1 aromatic heterocycles. The summed E-state index contributed by atoms with van der Waals surface area (Å²) in [5, 5.41) is 3.82. The molecule has 0 bridgehead atoms. The second kappa shape index (κ2) is 9.54. The predicted octanol–water partition coefficient (Wildman–Crippen LogP) is 1.39. The molecule has 1 N–H and O–H groups in total. The third-order valence-electron chi connectivity index (χ3n) is 3.57. The molecule has 0 atom stereocenters. The predicted molar refractivity (Wildman–Crippen MR) is 101 cm³/mol. The second-order valence-corrected chi connectivity index (χ2v) is 6.32. The standard InChI is InChI=1S/C19H20N2O3S.BrH/c1-3-23-14-10-8-13(9-11-14)15(22)12-20-19-21-18-16(24-4-2)6-5-7-17(18)25-19;/h5-11H,3-4,12H2,1-2H3,(H,20,21);1H/p-1. The number of benzene rings is 2. The molecule has 0 spiro atoms. The van der Waals surface area contributed by atoms with Crippen LogP contribution in [0.3, 0.4) is 0 Å². The van der Waals surface area contributed by atoms with E-state index < -0.39 is 0 Å². The Kier molecular flexibility index (Phi) is 7.41. The molecule has 5 nitrogen and oxygen atoms in total. The van der Waals surface area contributed by atoms with E-state index in [1.807, 2.05) is 44.2 Å². The number of para-hydroxylation sites is 1. The third kappa shape index (κ3) is 4.74. The Balaban J connectivity index is 0.00000243. The van der Waals surface area contributed by atoms with Crippen molar-refractivity contribution >= 4 is 32.5 Å². The fraction of sp³-hybridized carbons (Fsp3) is 0.263. The van der Waals surface area contributed by atoms with E-state index in [9.17, 15) is 4.79 Å². The van der Waals surface area contributed by atoms with Crippen LogP contribution in [0.25, 0.3) is 10.2 Å². The number of hydrogen-bond acceptors (Lipinski definition) is 6. The Morgan fingerprint density at radius 3 is 2.50 bits per heavy atom. The summed E-state index contributed by atoms with van der Waals surface area (Å²) in [5.41, 5.74) is 1.47. The number of hydrogen-bond donors (Lipinski definition) is 1. The minimum Gasteiger partial charge on any atom is -1.00 e. The fourth-order valence-corrected chi connectivity index (χ4v) is 3.31. The average molecular weight is 436 g/mol. The molecule has 0 unspecified atom stereocenters. The molecule has 0 aliphatic heterocycles. The molecule has 0 amide bonds. The number of anilines is 1. The van der Waals surface area contributed by atoms with Gasteiger partial charge in [-0.15, -0.1) is 0 Å². The largest absolute Gasteiger partial charge is 1.00 e. The van der Waals surface area contributed by atoms with Crippen molar-refractivity contribution in [1.82, 2.24) is 4.98 Å². The van der Waals surface area contributed by atoms with E-state index in [4.69, 9.17) is 9.47 Å². The Morgan fingerprint density at radius 2 is 1.81 bits per heavy atom. The van der Waals surface area contributed by atoms with Crippen LogP contribution in [0, 0.1) is 0 Å². The van der Waals surface area contributed by atoms with Crippen molar-refractivity contribution < 1.29 is 31.2 Å². The van der Waals surface area contributed by atoms with Gasteiger partial charge < -0.3 is 31.8 Å². The Hall–Kier alpha value is -2.12. The molecular weight excluding hydrogens is 416 g/mol. The highest BCUT2D eigenvalue weighted by Gasteiger charge is 2.11. The maximum Gasteiger partial charge on any atom is 0.184 e. The van der Waals surface area contributed by atoms with Gasteiger partial charge in [0.25, 0.3) is 0 Å². The number of fused-ring (bicyclic) bond motifs is 1. The minimum atomic E-state index is 0. The number of halogens is 1. The van der Waals surface area contributed by atoms with Crippen molar-refractivity contribution in [2.24, 2.45) is 0 Å². The molecule has 2 aromatic carbocycles. The Morgan fingerprint density at radius 1 is 1.08 bits per heavy atom. The van der Waals surface area contributed by atoms with Gasteiger partial charge >= 0.3 is 0 Å². The van der Waals surface area contributed by atoms with Gasteiger partial charge in [0, 0.05) is 5.56 Å². The number of Topliss-reactive ketones (excluding diaryl/α,β-unsaturated/α-hetero) is 1. The summed E-state index contributed by atoms with van der Waals surface area (Å²) >= 11 is 1.51. The number of ketones is 1. The van der Waals surface area contributed by atoms with E-state index in [1.54, 1.807) is 12.1 Å². The van der Waals surface area contributed by atoms with Gasteiger partial charge in [-0.25, -0.2) is 4.98 Å². The number of thiazole rings is 1. The van der Waals surface area contributed by atoms with Crippen LogP contribution in [0.5, 0.6) is 11.5 Å². The van der Waals surface area contributed by atoms with Crippen molar-refractivity contribution in [3.63, 3.8) is 0 Å². The van der Waals surface area contributed by atoms with E-state index in [-0.39, 0.29) is 29.3 Å². The lowest BCUT2D eigenvalue weighted by Crippen LogP contribution is -3.00. The first-order valence-electron chi connectivity index (χ1n) is 8.23. The van der Waals surface area contributed by atoms with E-state index in [2.05, 4.69) is 10.3 Å². The van der Waals surface area contributed by atoms with Crippen LogP contribution in [-0.2, 0) is 0 Å². The van der Waals surface area contributed by atoms with Crippen molar-refractivity contribution in [2.75, 3.05) is 25.1 Å². The van der Waals surface area contributed by atoms with Crippen LogP contribution in [0.4, 0.5) is 5.13 Å². The lowest BCUT2D eigenvalue weighted by atomic mass is 10.1. The quantitative estimate of drug-likeness (QED) is 0.541. The van der Waals surface area contributed by atoms with Crippen molar-refractivity contribution in [1.29, 1.82) is 0 Å². The number of rotatable bonds is 8. The normalized spacial score (nSPS) is 10.2. The van der Waals surface area contributed by atoms with Gasteiger partial charge in [0.1, 0.15) is 17.0 Å². The molecule has 3 rings (SSSR count). The molecule has 0 fully saturated rings. The molecule has 138 valence electrons. The van der Waals surface area contributed by atoms with Gasteiger partial charge in [-0.1, -0.05) is 17.4 Å². The van der Waals surface area contributed by atoms with Gasteiger partial charge in [-0.3, -0.25) is 4.79 Å². The Labute approximate surface area is 167 Å². The van der Waals surface area contributed by atoms with Gasteiger partial charge in [0.2, 0.25) is 0 Å². The van der Waals surface area contributed by atoms with Crippen LogP contribution < -0.4 is 31.8 Å². The number of carbonyl (C=O) groups excluding carboxylic acids is 1. The zero-order chi connectivity index (χ0) is 17.6. The monoisotopic (exact) mass is 435 g/mol. The van der Waals surface area contributed by atoms with Crippen LogP contribution in [0.1, 0.15) is 24.2 Å². The molecule has 0 saturated carbocycles. The second-order valence-electron chi connectivity index (χ2n) is 5.29. The summed E-state index contributed by atoms with van der Waals surface area (Å²) in [4.78, 5) is 16.9. The lowest BCUT2D eigenvalue weighted by Gasteiger charge is -2.05. The van der Waals surface area contributed by atoms with Gasteiger partial charge in [0.15, 0.2) is 10.9 Å². The summed E-state index contributed by atoms with van der Waals surface area (Å²) in [7, 11) is 0. The number of ether oxygens (including phenoxy) is 2. The van der Waals surface area contributed by atoms with Gasteiger partial charge in [0.05, 0.1) is 24.5 Å². The fourth-order valence-electron chi connectivity index (χ4n) is 2.43. The molecule has 3 aromatic rings. The number of aromatic nitrogens is 1. The molecule has 26 heavy (non-hydrogen) atoms. The topological polar surface area (TPSA) is 60.5 Å². The van der Waals surface area contributed by atoms with E-state index in [0.29, 0.717) is 23.9 Å². The maximum atomic E-state index is 12.3. The summed E-state index contributed by atoms with van der Waals surface area (Å²) in [6.45, 7) is 5.27. The van der Waals surface area contributed by atoms with Crippen LogP contribution in [-0.4, -0.2) is 30.5 Å². The molecular formula is C19H20BrN2O3S-.